The van der Waals surface area contributed by atoms with Gasteiger partial charge in [-0.05, 0) is 48.4 Å². The third-order valence-corrected chi connectivity index (χ3v) is 4.60. The molecule has 0 saturated carbocycles. The van der Waals surface area contributed by atoms with E-state index in [1.165, 1.54) is 11.3 Å². The lowest BCUT2D eigenvalue weighted by atomic mass is 10.1. The van der Waals surface area contributed by atoms with Crippen molar-refractivity contribution < 1.29 is 4.74 Å². The van der Waals surface area contributed by atoms with E-state index in [1.807, 2.05) is 66.9 Å². The van der Waals surface area contributed by atoms with Crippen LogP contribution in [0.5, 0.6) is 5.75 Å². The molecule has 0 aliphatic heterocycles. The quantitative estimate of drug-likeness (QED) is 0.618. The van der Waals surface area contributed by atoms with Gasteiger partial charge in [0, 0.05) is 10.9 Å². The maximum atomic E-state index is 9.51. The molecule has 4 heteroatoms. The summed E-state index contributed by atoms with van der Waals surface area (Å²) >= 11 is 1.48. The number of hydrogen-bond donors (Lipinski definition) is 0. The number of allylic oxidation sites excluding steroid dienone is 1. The highest BCUT2D eigenvalue weighted by Gasteiger charge is 2.09. The van der Waals surface area contributed by atoms with Gasteiger partial charge in [-0.3, -0.25) is 0 Å². The second kappa shape index (κ2) is 7.12. The third kappa shape index (κ3) is 3.37. The minimum atomic E-state index is 0.578. The Morgan fingerprint density at radius 3 is 2.58 bits per heavy atom. The summed E-state index contributed by atoms with van der Waals surface area (Å²) in [5, 5.41) is 12.2. The van der Waals surface area contributed by atoms with Crippen molar-refractivity contribution in [2.45, 2.75) is 6.92 Å². The number of methoxy groups -OCH3 is 1. The van der Waals surface area contributed by atoms with Gasteiger partial charge in [0.1, 0.15) is 16.8 Å². The first-order chi connectivity index (χ1) is 11.7. The predicted octanol–water partition coefficient (Wildman–Crippen LogP) is 5.19. The molecule has 0 aliphatic rings. The highest BCUT2D eigenvalue weighted by atomic mass is 32.1. The van der Waals surface area contributed by atoms with Crippen LogP contribution in [0.25, 0.3) is 22.9 Å². The van der Waals surface area contributed by atoms with Crippen molar-refractivity contribution in [2.24, 2.45) is 0 Å². The highest BCUT2D eigenvalue weighted by molar-refractivity contribution is 7.11. The predicted molar refractivity (Wildman–Crippen MR) is 98.8 cm³/mol. The van der Waals surface area contributed by atoms with Gasteiger partial charge in [-0.2, -0.15) is 5.26 Å². The number of nitrogens with zero attached hydrogens (tertiary/aromatic N) is 2. The summed E-state index contributed by atoms with van der Waals surface area (Å²) in [6.07, 6.45) is 1.89. The van der Waals surface area contributed by atoms with Crippen LogP contribution in [0.2, 0.25) is 0 Å². The van der Waals surface area contributed by atoms with E-state index in [2.05, 4.69) is 11.1 Å². The van der Waals surface area contributed by atoms with Gasteiger partial charge in [0.25, 0.3) is 0 Å². The Hall–Kier alpha value is -2.90. The maximum Gasteiger partial charge on any atom is 0.134 e. The molecular weight excluding hydrogens is 316 g/mol. The molecule has 0 aliphatic carbocycles. The molecule has 0 N–H and O–H groups in total. The van der Waals surface area contributed by atoms with E-state index in [9.17, 15) is 5.26 Å². The van der Waals surface area contributed by atoms with Crippen LogP contribution in [0.15, 0.2) is 53.9 Å². The van der Waals surface area contributed by atoms with E-state index in [0.29, 0.717) is 5.57 Å². The summed E-state index contributed by atoms with van der Waals surface area (Å²) in [7, 11) is 1.64. The van der Waals surface area contributed by atoms with Crippen LogP contribution >= 0.6 is 11.3 Å². The van der Waals surface area contributed by atoms with Crippen molar-refractivity contribution in [2.75, 3.05) is 7.11 Å². The fourth-order valence-electron chi connectivity index (χ4n) is 2.34. The van der Waals surface area contributed by atoms with Crippen LogP contribution in [-0.2, 0) is 0 Å². The van der Waals surface area contributed by atoms with E-state index < -0.39 is 0 Å². The first kappa shape index (κ1) is 16.0. The van der Waals surface area contributed by atoms with Crippen molar-refractivity contribution in [3.63, 3.8) is 0 Å². The standard InChI is InChI=1S/C20H16N2OS/c1-14-5-3-4-6-16(14)11-17(12-21)20-22-19(13-24-20)15-7-9-18(23-2)10-8-15/h3-11,13H,1-2H3/b17-11+. The van der Waals surface area contributed by atoms with Gasteiger partial charge < -0.3 is 4.74 Å². The second-order valence-corrected chi connectivity index (χ2v) is 6.15. The van der Waals surface area contributed by atoms with Gasteiger partial charge in [-0.15, -0.1) is 11.3 Å². The second-order valence-electron chi connectivity index (χ2n) is 5.29. The molecule has 0 radical (unpaired) electrons. The minimum Gasteiger partial charge on any atom is -0.497 e. The van der Waals surface area contributed by atoms with Gasteiger partial charge >= 0.3 is 0 Å². The van der Waals surface area contributed by atoms with E-state index in [4.69, 9.17) is 4.74 Å². The molecule has 0 fully saturated rings. The topological polar surface area (TPSA) is 45.9 Å². The molecule has 0 bridgehead atoms. The number of ether oxygens (including phenoxy) is 1. The molecule has 3 nitrogen and oxygen atoms in total. The Morgan fingerprint density at radius 1 is 1.17 bits per heavy atom. The van der Waals surface area contributed by atoms with Gasteiger partial charge in [0.05, 0.1) is 18.4 Å². The Bertz CT molecular complexity index is 917. The van der Waals surface area contributed by atoms with Crippen LogP contribution in [0.4, 0.5) is 0 Å². The molecule has 1 heterocycles. The van der Waals surface area contributed by atoms with E-state index in [0.717, 1.165) is 33.1 Å². The number of aromatic nitrogens is 1. The molecule has 0 unspecified atom stereocenters. The lowest BCUT2D eigenvalue weighted by Gasteiger charge is -2.01. The molecular formula is C20H16N2OS. The molecule has 0 atom stereocenters. The van der Waals surface area contributed by atoms with Gasteiger partial charge in [-0.1, -0.05) is 24.3 Å². The Labute approximate surface area is 145 Å². The van der Waals surface area contributed by atoms with Gasteiger partial charge in [0.15, 0.2) is 0 Å². The lowest BCUT2D eigenvalue weighted by Crippen LogP contribution is -1.85. The average molecular weight is 332 g/mol. The number of hydrogen-bond acceptors (Lipinski definition) is 4. The van der Waals surface area contributed by atoms with Crippen LogP contribution in [0, 0.1) is 18.3 Å². The smallest absolute Gasteiger partial charge is 0.134 e. The molecule has 24 heavy (non-hydrogen) atoms. The van der Waals surface area contributed by atoms with Crippen molar-refractivity contribution in [1.82, 2.24) is 4.98 Å². The van der Waals surface area contributed by atoms with Crippen LogP contribution in [-0.4, -0.2) is 12.1 Å². The van der Waals surface area contributed by atoms with Crippen molar-refractivity contribution in [1.29, 1.82) is 5.26 Å². The largest absolute Gasteiger partial charge is 0.497 e. The number of rotatable bonds is 4. The van der Waals surface area contributed by atoms with E-state index >= 15 is 0 Å². The zero-order valence-corrected chi connectivity index (χ0v) is 14.3. The SMILES string of the molecule is COc1ccc(-c2csc(/C(C#N)=C/c3ccccc3C)n2)cc1. The number of thiazole rings is 1. The van der Waals surface area contributed by atoms with Gasteiger partial charge in [0.2, 0.25) is 0 Å². The molecule has 3 rings (SSSR count). The first-order valence-corrected chi connectivity index (χ1v) is 8.37. The van der Waals surface area contributed by atoms with Crippen LogP contribution in [0.1, 0.15) is 16.1 Å². The van der Waals surface area contributed by atoms with Gasteiger partial charge in [-0.25, -0.2) is 4.98 Å². The summed E-state index contributed by atoms with van der Waals surface area (Å²) in [5.74, 6) is 0.811. The van der Waals surface area contributed by atoms with Crippen molar-refractivity contribution in [3.05, 3.63) is 70.0 Å². The minimum absolute atomic E-state index is 0.578. The first-order valence-electron chi connectivity index (χ1n) is 7.49. The van der Waals surface area contributed by atoms with E-state index in [-0.39, 0.29) is 0 Å². The summed E-state index contributed by atoms with van der Waals surface area (Å²) in [6.45, 7) is 2.03. The van der Waals surface area contributed by atoms with Crippen molar-refractivity contribution >= 4 is 23.0 Å². The Balaban J connectivity index is 1.93. The lowest BCUT2D eigenvalue weighted by molar-refractivity contribution is 0.415. The zero-order valence-electron chi connectivity index (χ0n) is 13.5. The van der Waals surface area contributed by atoms with Crippen LogP contribution < -0.4 is 4.74 Å². The summed E-state index contributed by atoms with van der Waals surface area (Å²) in [5.41, 5.74) is 4.62. The summed E-state index contributed by atoms with van der Waals surface area (Å²) in [6, 6.07) is 18.0. The molecule has 0 saturated heterocycles. The molecule has 0 amide bonds. The van der Waals surface area contributed by atoms with Crippen LogP contribution in [0.3, 0.4) is 0 Å². The number of nitriles is 1. The molecule has 2 aromatic carbocycles. The Morgan fingerprint density at radius 2 is 1.92 bits per heavy atom. The molecule has 1 aromatic heterocycles. The maximum absolute atomic E-state index is 9.51. The molecule has 3 aromatic rings. The Kier molecular flexibility index (Phi) is 4.74. The zero-order chi connectivity index (χ0) is 16.9. The summed E-state index contributed by atoms with van der Waals surface area (Å²) < 4.78 is 5.17. The highest BCUT2D eigenvalue weighted by Crippen LogP contribution is 2.28. The fourth-order valence-corrected chi connectivity index (χ4v) is 3.13. The van der Waals surface area contributed by atoms with E-state index in [1.54, 1.807) is 7.11 Å². The number of benzene rings is 2. The third-order valence-electron chi connectivity index (χ3n) is 3.73. The summed E-state index contributed by atoms with van der Waals surface area (Å²) in [4.78, 5) is 4.62. The molecule has 0 spiro atoms. The molecule has 118 valence electrons. The fraction of sp³-hybridized carbons (Fsp3) is 0.100. The normalized spacial score (nSPS) is 11.1. The average Bonchev–Trinajstić information content (AvgIpc) is 3.11. The number of aryl methyl sites for hydroxylation is 1. The monoisotopic (exact) mass is 332 g/mol. The van der Waals surface area contributed by atoms with Crippen molar-refractivity contribution in [3.8, 4) is 23.1 Å².